The van der Waals surface area contributed by atoms with E-state index in [4.69, 9.17) is 0 Å². The molecule has 16 heavy (non-hydrogen) atoms. The van der Waals surface area contributed by atoms with Crippen molar-refractivity contribution < 1.29 is 9.59 Å². The van der Waals surface area contributed by atoms with Gasteiger partial charge in [-0.3, -0.25) is 9.59 Å². The third-order valence-electron chi connectivity index (χ3n) is 2.77. The third-order valence-corrected chi connectivity index (χ3v) is 3.63. The summed E-state index contributed by atoms with van der Waals surface area (Å²) < 4.78 is 0. The summed E-state index contributed by atoms with van der Waals surface area (Å²) in [6.45, 7) is 4.00. The molecule has 0 spiro atoms. The van der Waals surface area contributed by atoms with E-state index in [1.807, 2.05) is 17.5 Å². The lowest BCUT2D eigenvalue weighted by Gasteiger charge is -2.35. The number of piperazine rings is 1. The normalized spacial score (nSPS) is 25.8. The highest BCUT2D eigenvalue weighted by Gasteiger charge is 2.35. The first-order valence-corrected chi connectivity index (χ1v) is 6.11. The lowest BCUT2D eigenvalue weighted by molar-refractivity contribution is -0.148. The molecule has 1 N–H and O–H groups in total. The molecule has 0 bridgehead atoms. The second kappa shape index (κ2) is 4.25. The van der Waals surface area contributed by atoms with Gasteiger partial charge in [0.2, 0.25) is 11.8 Å². The molecule has 2 heterocycles. The van der Waals surface area contributed by atoms with Crippen LogP contribution in [-0.4, -0.2) is 28.8 Å². The highest BCUT2D eigenvalue weighted by atomic mass is 32.1. The van der Waals surface area contributed by atoms with E-state index in [-0.39, 0.29) is 17.9 Å². The van der Waals surface area contributed by atoms with Crippen molar-refractivity contribution in [3.8, 4) is 0 Å². The fourth-order valence-electron chi connectivity index (χ4n) is 1.76. The Balaban J connectivity index is 2.17. The Bertz CT molecular complexity index is 402. The molecule has 0 aromatic carbocycles. The first-order chi connectivity index (χ1) is 7.59. The van der Waals surface area contributed by atoms with Gasteiger partial charge in [0.1, 0.15) is 12.1 Å². The summed E-state index contributed by atoms with van der Waals surface area (Å²) in [5, 5.41) is 4.63. The Morgan fingerprint density at radius 2 is 2.19 bits per heavy atom. The van der Waals surface area contributed by atoms with E-state index in [0.717, 1.165) is 4.88 Å². The maximum absolute atomic E-state index is 11.9. The SMILES string of the molecule is CC1NC(=O)C(C)N(Cc2cccs2)C1=O. The minimum absolute atomic E-state index is 0.0134. The quantitative estimate of drug-likeness (QED) is 0.835. The summed E-state index contributed by atoms with van der Waals surface area (Å²) in [5.41, 5.74) is 0. The smallest absolute Gasteiger partial charge is 0.245 e. The van der Waals surface area contributed by atoms with Crippen LogP contribution in [0.3, 0.4) is 0 Å². The standard InChI is InChI=1S/C11H14N2O2S/c1-7-11(15)13(8(2)10(14)12-7)6-9-4-3-5-16-9/h3-5,7-8H,6H2,1-2H3,(H,12,14). The number of carbonyl (C=O) groups is 2. The highest BCUT2D eigenvalue weighted by Crippen LogP contribution is 2.17. The molecule has 1 fully saturated rings. The van der Waals surface area contributed by atoms with Crippen LogP contribution in [0.15, 0.2) is 17.5 Å². The van der Waals surface area contributed by atoms with Crippen molar-refractivity contribution in [1.82, 2.24) is 10.2 Å². The Hall–Kier alpha value is -1.36. The molecule has 1 saturated heterocycles. The number of nitrogens with zero attached hydrogens (tertiary/aromatic N) is 1. The van der Waals surface area contributed by atoms with Crippen LogP contribution >= 0.6 is 11.3 Å². The van der Waals surface area contributed by atoms with Crippen LogP contribution < -0.4 is 5.32 Å². The molecule has 4 nitrogen and oxygen atoms in total. The maximum Gasteiger partial charge on any atom is 0.245 e. The Morgan fingerprint density at radius 3 is 2.81 bits per heavy atom. The first kappa shape index (κ1) is 11.1. The lowest BCUT2D eigenvalue weighted by atomic mass is 10.1. The molecule has 1 aromatic rings. The number of carbonyl (C=O) groups excluding carboxylic acids is 2. The first-order valence-electron chi connectivity index (χ1n) is 5.23. The van der Waals surface area contributed by atoms with E-state index in [2.05, 4.69) is 5.32 Å². The average molecular weight is 238 g/mol. The van der Waals surface area contributed by atoms with Crippen LogP contribution in [-0.2, 0) is 16.1 Å². The zero-order valence-electron chi connectivity index (χ0n) is 9.27. The van der Waals surface area contributed by atoms with Gasteiger partial charge in [0.15, 0.2) is 0 Å². The van der Waals surface area contributed by atoms with Gasteiger partial charge in [-0.05, 0) is 25.3 Å². The monoisotopic (exact) mass is 238 g/mol. The molecule has 2 unspecified atom stereocenters. The van der Waals surface area contributed by atoms with Gasteiger partial charge < -0.3 is 10.2 Å². The fourth-order valence-corrected chi connectivity index (χ4v) is 2.46. The summed E-state index contributed by atoms with van der Waals surface area (Å²) >= 11 is 1.60. The molecular weight excluding hydrogens is 224 g/mol. The van der Waals surface area contributed by atoms with Gasteiger partial charge in [0, 0.05) is 4.88 Å². The van der Waals surface area contributed by atoms with E-state index < -0.39 is 6.04 Å². The summed E-state index contributed by atoms with van der Waals surface area (Å²) in [6.07, 6.45) is 0. The van der Waals surface area contributed by atoms with Crippen LogP contribution in [0.1, 0.15) is 18.7 Å². The zero-order chi connectivity index (χ0) is 11.7. The lowest BCUT2D eigenvalue weighted by Crippen LogP contribution is -2.60. The predicted molar refractivity (Wildman–Crippen MR) is 61.9 cm³/mol. The Kier molecular flexibility index (Phi) is 2.96. The van der Waals surface area contributed by atoms with Crippen LogP contribution in [0.25, 0.3) is 0 Å². The van der Waals surface area contributed by atoms with Crippen molar-refractivity contribution in [2.24, 2.45) is 0 Å². The molecule has 1 aliphatic heterocycles. The molecule has 86 valence electrons. The van der Waals surface area contributed by atoms with Crippen molar-refractivity contribution in [3.05, 3.63) is 22.4 Å². The van der Waals surface area contributed by atoms with Crippen LogP contribution in [0.5, 0.6) is 0 Å². The number of nitrogens with one attached hydrogen (secondary N) is 1. The number of amides is 2. The summed E-state index contributed by atoms with van der Waals surface area (Å²) in [6, 6.07) is 3.12. The van der Waals surface area contributed by atoms with Gasteiger partial charge in [0.05, 0.1) is 6.54 Å². The minimum Gasteiger partial charge on any atom is -0.343 e. The Labute approximate surface area is 98.3 Å². The van der Waals surface area contributed by atoms with Crippen molar-refractivity contribution in [2.75, 3.05) is 0 Å². The van der Waals surface area contributed by atoms with Gasteiger partial charge in [0.25, 0.3) is 0 Å². The molecule has 0 saturated carbocycles. The van der Waals surface area contributed by atoms with E-state index in [0.29, 0.717) is 6.54 Å². The molecule has 2 atom stereocenters. The van der Waals surface area contributed by atoms with Crippen molar-refractivity contribution >= 4 is 23.2 Å². The maximum atomic E-state index is 11.9. The minimum atomic E-state index is -0.413. The molecule has 0 radical (unpaired) electrons. The van der Waals surface area contributed by atoms with E-state index in [1.54, 1.807) is 30.1 Å². The second-order valence-electron chi connectivity index (χ2n) is 3.95. The number of thiophene rings is 1. The number of rotatable bonds is 2. The van der Waals surface area contributed by atoms with Crippen molar-refractivity contribution in [2.45, 2.75) is 32.5 Å². The summed E-state index contributed by atoms with van der Waals surface area (Å²) in [7, 11) is 0. The molecule has 2 rings (SSSR count). The van der Waals surface area contributed by atoms with E-state index in [9.17, 15) is 9.59 Å². The second-order valence-corrected chi connectivity index (χ2v) is 4.98. The van der Waals surface area contributed by atoms with Crippen molar-refractivity contribution in [1.29, 1.82) is 0 Å². The zero-order valence-corrected chi connectivity index (χ0v) is 10.1. The largest absolute Gasteiger partial charge is 0.343 e. The fraction of sp³-hybridized carbons (Fsp3) is 0.455. The molecule has 1 aromatic heterocycles. The predicted octanol–water partition coefficient (Wildman–Crippen LogP) is 0.983. The molecule has 2 amide bonds. The summed E-state index contributed by atoms with van der Waals surface area (Å²) in [4.78, 5) is 26.2. The van der Waals surface area contributed by atoms with E-state index in [1.165, 1.54) is 0 Å². The molecular formula is C11H14N2O2S. The third kappa shape index (κ3) is 1.95. The highest BCUT2D eigenvalue weighted by molar-refractivity contribution is 7.09. The van der Waals surface area contributed by atoms with Crippen LogP contribution in [0, 0.1) is 0 Å². The van der Waals surface area contributed by atoms with Gasteiger partial charge in [-0.2, -0.15) is 0 Å². The molecule has 1 aliphatic rings. The van der Waals surface area contributed by atoms with Crippen LogP contribution in [0.2, 0.25) is 0 Å². The van der Waals surface area contributed by atoms with Gasteiger partial charge in [-0.25, -0.2) is 0 Å². The average Bonchev–Trinajstić information content (AvgIpc) is 2.74. The molecule has 0 aliphatic carbocycles. The van der Waals surface area contributed by atoms with Gasteiger partial charge in [-0.1, -0.05) is 6.07 Å². The van der Waals surface area contributed by atoms with Crippen molar-refractivity contribution in [3.63, 3.8) is 0 Å². The van der Waals surface area contributed by atoms with Crippen LogP contribution in [0.4, 0.5) is 0 Å². The van der Waals surface area contributed by atoms with E-state index >= 15 is 0 Å². The van der Waals surface area contributed by atoms with Gasteiger partial charge >= 0.3 is 0 Å². The summed E-state index contributed by atoms with van der Waals surface area (Å²) in [5.74, 6) is -0.0934. The number of hydrogen-bond acceptors (Lipinski definition) is 3. The Morgan fingerprint density at radius 1 is 1.44 bits per heavy atom. The topological polar surface area (TPSA) is 49.4 Å². The van der Waals surface area contributed by atoms with Gasteiger partial charge in [-0.15, -0.1) is 11.3 Å². The molecule has 5 heteroatoms. The number of hydrogen-bond donors (Lipinski definition) is 1.